The van der Waals surface area contributed by atoms with Gasteiger partial charge in [0.25, 0.3) is 11.8 Å². The average Bonchev–Trinajstić information content (AvgIpc) is 2.96. The van der Waals surface area contributed by atoms with Gasteiger partial charge in [-0.05, 0) is 18.6 Å². The molecule has 1 aromatic carbocycles. The van der Waals surface area contributed by atoms with Crippen LogP contribution in [0, 0.1) is 0 Å². The van der Waals surface area contributed by atoms with Crippen LogP contribution in [0.3, 0.4) is 0 Å². The monoisotopic (exact) mass is 384 g/mol. The molecule has 1 heterocycles. The standard InChI is InChI=1S/C16H20N2O7S/c1-24-13-5-3-2-4-12(13)16(21)17-8-15(20)25-9-14(19)18-11-6-7-26(22,23)10-11/h2-5,11H,6-10H2,1H3,(H,17,21)(H,18,19)/t11-/m0/s1. The topological polar surface area (TPSA) is 128 Å². The van der Waals surface area contributed by atoms with Gasteiger partial charge in [0.1, 0.15) is 12.3 Å². The van der Waals surface area contributed by atoms with Crippen molar-refractivity contribution < 1.29 is 32.3 Å². The van der Waals surface area contributed by atoms with Gasteiger partial charge < -0.3 is 20.1 Å². The van der Waals surface area contributed by atoms with Gasteiger partial charge in [-0.25, -0.2) is 8.42 Å². The van der Waals surface area contributed by atoms with E-state index in [4.69, 9.17) is 9.47 Å². The van der Waals surface area contributed by atoms with Gasteiger partial charge in [0.2, 0.25) is 0 Å². The van der Waals surface area contributed by atoms with Crippen molar-refractivity contribution in [2.24, 2.45) is 0 Å². The van der Waals surface area contributed by atoms with Gasteiger partial charge in [-0.1, -0.05) is 12.1 Å². The molecule has 2 rings (SSSR count). The van der Waals surface area contributed by atoms with Crippen molar-refractivity contribution in [1.29, 1.82) is 0 Å². The van der Waals surface area contributed by atoms with Crippen LogP contribution in [-0.4, -0.2) is 64.0 Å². The highest BCUT2D eigenvalue weighted by Crippen LogP contribution is 2.16. The predicted molar refractivity (Wildman–Crippen MR) is 91.5 cm³/mol. The molecule has 2 amide bonds. The SMILES string of the molecule is COc1ccccc1C(=O)NCC(=O)OCC(=O)N[C@H]1CCS(=O)(=O)C1. The summed E-state index contributed by atoms with van der Waals surface area (Å²) in [5.41, 5.74) is 0.267. The van der Waals surface area contributed by atoms with Crippen molar-refractivity contribution in [2.45, 2.75) is 12.5 Å². The molecule has 9 nitrogen and oxygen atoms in total. The summed E-state index contributed by atoms with van der Waals surface area (Å²) in [6, 6.07) is 6.06. The van der Waals surface area contributed by atoms with Crippen molar-refractivity contribution in [3.8, 4) is 5.75 Å². The Morgan fingerprint density at radius 3 is 2.62 bits per heavy atom. The summed E-state index contributed by atoms with van der Waals surface area (Å²) in [5.74, 6) is -1.60. The third kappa shape index (κ3) is 5.73. The van der Waals surface area contributed by atoms with Crippen LogP contribution < -0.4 is 15.4 Å². The van der Waals surface area contributed by atoms with E-state index in [2.05, 4.69) is 10.6 Å². The van der Waals surface area contributed by atoms with E-state index in [-0.39, 0.29) is 17.1 Å². The Kier molecular flexibility index (Phi) is 6.56. The smallest absolute Gasteiger partial charge is 0.325 e. The minimum Gasteiger partial charge on any atom is -0.496 e. The fourth-order valence-electron chi connectivity index (χ4n) is 2.46. The Balaban J connectivity index is 1.72. The van der Waals surface area contributed by atoms with Gasteiger partial charge in [-0.3, -0.25) is 14.4 Å². The molecular weight excluding hydrogens is 364 g/mol. The van der Waals surface area contributed by atoms with Crippen LogP contribution in [-0.2, 0) is 24.2 Å². The second kappa shape index (κ2) is 8.65. The quantitative estimate of drug-likeness (QED) is 0.593. The minimum absolute atomic E-state index is 0.0344. The Labute approximate surface area is 151 Å². The summed E-state index contributed by atoms with van der Waals surface area (Å²) in [7, 11) is -1.68. The summed E-state index contributed by atoms with van der Waals surface area (Å²) in [4.78, 5) is 35.3. The van der Waals surface area contributed by atoms with Crippen molar-refractivity contribution in [3.05, 3.63) is 29.8 Å². The predicted octanol–water partition coefficient (Wildman–Crippen LogP) is -0.728. The summed E-state index contributed by atoms with van der Waals surface area (Å²) >= 11 is 0. The molecule has 1 aliphatic rings. The first kappa shape index (κ1) is 19.7. The van der Waals surface area contributed by atoms with Crippen LogP contribution in [0.4, 0.5) is 0 Å². The van der Waals surface area contributed by atoms with Crippen LogP contribution in [0.2, 0.25) is 0 Å². The number of nitrogens with one attached hydrogen (secondary N) is 2. The van der Waals surface area contributed by atoms with Gasteiger partial charge >= 0.3 is 5.97 Å². The fourth-order valence-corrected chi connectivity index (χ4v) is 4.13. The number of amides is 2. The second-order valence-corrected chi connectivity index (χ2v) is 7.94. The number of methoxy groups -OCH3 is 1. The number of ether oxygens (including phenoxy) is 2. The maximum atomic E-state index is 12.0. The van der Waals surface area contributed by atoms with Gasteiger partial charge in [0.05, 0.1) is 24.2 Å². The lowest BCUT2D eigenvalue weighted by Crippen LogP contribution is -2.39. The number of sulfone groups is 1. The van der Waals surface area contributed by atoms with E-state index in [1.165, 1.54) is 7.11 Å². The van der Waals surface area contributed by atoms with E-state index in [0.29, 0.717) is 12.2 Å². The zero-order chi connectivity index (χ0) is 19.2. The first-order valence-electron chi connectivity index (χ1n) is 7.87. The minimum atomic E-state index is -3.10. The van der Waals surface area contributed by atoms with Gasteiger partial charge in [0, 0.05) is 6.04 Å². The first-order valence-corrected chi connectivity index (χ1v) is 9.69. The zero-order valence-corrected chi connectivity index (χ0v) is 15.0. The molecule has 10 heteroatoms. The molecule has 26 heavy (non-hydrogen) atoms. The summed E-state index contributed by atoms with van der Waals surface area (Å²) < 4.78 is 32.4. The number of carbonyl (C=O) groups is 3. The van der Waals surface area contributed by atoms with Gasteiger partial charge in [-0.2, -0.15) is 0 Å². The molecule has 0 spiro atoms. The number of carbonyl (C=O) groups excluding carboxylic acids is 3. The molecule has 1 aliphatic heterocycles. The van der Waals surface area contributed by atoms with Gasteiger partial charge in [-0.15, -0.1) is 0 Å². The van der Waals surface area contributed by atoms with E-state index in [1.54, 1.807) is 24.3 Å². The molecule has 0 bridgehead atoms. The molecule has 2 N–H and O–H groups in total. The van der Waals surface area contributed by atoms with Crippen molar-refractivity contribution in [1.82, 2.24) is 10.6 Å². The number of benzene rings is 1. The third-order valence-electron chi connectivity index (χ3n) is 3.71. The molecule has 142 valence electrons. The second-order valence-electron chi connectivity index (χ2n) is 5.71. The summed E-state index contributed by atoms with van der Waals surface area (Å²) in [6.45, 7) is -0.956. The molecule has 0 aliphatic carbocycles. The molecule has 0 unspecified atom stereocenters. The molecular formula is C16H20N2O7S. The van der Waals surface area contributed by atoms with Crippen LogP contribution in [0.15, 0.2) is 24.3 Å². The number of rotatable bonds is 7. The van der Waals surface area contributed by atoms with Crippen LogP contribution in [0.1, 0.15) is 16.8 Å². The largest absolute Gasteiger partial charge is 0.496 e. The van der Waals surface area contributed by atoms with Crippen LogP contribution in [0.5, 0.6) is 5.75 Å². The molecule has 1 saturated heterocycles. The van der Waals surface area contributed by atoms with E-state index in [0.717, 1.165) is 0 Å². The Morgan fingerprint density at radius 2 is 1.96 bits per heavy atom. The molecule has 0 radical (unpaired) electrons. The summed E-state index contributed by atoms with van der Waals surface area (Å²) in [5, 5.41) is 4.87. The molecule has 0 saturated carbocycles. The zero-order valence-electron chi connectivity index (χ0n) is 14.2. The van der Waals surface area contributed by atoms with Crippen molar-refractivity contribution in [3.63, 3.8) is 0 Å². The average molecular weight is 384 g/mol. The Bertz CT molecular complexity index is 792. The highest BCUT2D eigenvalue weighted by Gasteiger charge is 2.29. The van der Waals surface area contributed by atoms with Crippen LogP contribution in [0.25, 0.3) is 0 Å². The van der Waals surface area contributed by atoms with Crippen molar-refractivity contribution >= 4 is 27.6 Å². The number of hydrogen-bond acceptors (Lipinski definition) is 7. The van der Waals surface area contributed by atoms with E-state index >= 15 is 0 Å². The fraction of sp³-hybridized carbons (Fsp3) is 0.438. The number of hydrogen-bond donors (Lipinski definition) is 2. The Hall–Kier alpha value is -2.62. The normalized spacial score (nSPS) is 18.0. The molecule has 1 atom stereocenters. The number of para-hydroxylation sites is 1. The molecule has 1 fully saturated rings. The Morgan fingerprint density at radius 1 is 1.23 bits per heavy atom. The lowest BCUT2D eigenvalue weighted by Gasteiger charge is -2.11. The third-order valence-corrected chi connectivity index (χ3v) is 5.47. The number of esters is 1. The molecule has 0 aromatic heterocycles. The van der Waals surface area contributed by atoms with Crippen LogP contribution >= 0.6 is 0 Å². The highest BCUT2D eigenvalue weighted by atomic mass is 32.2. The maximum Gasteiger partial charge on any atom is 0.325 e. The van der Waals surface area contributed by atoms with Gasteiger partial charge in [0.15, 0.2) is 16.4 Å². The van der Waals surface area contributed by atoms with E-state index in [1.807, 2.05) is 0 Å². The maximum absolute atomic E-state index is 12.0. The lowest BCUT2D eigenvalue weighted by atomic mass is 10.2. The first-order chi connectivity index (χ1) is 12.3. The molecule has 1 aromatic rings. The van der Waals surface area contributed by atoms with E-state index < -0.39 is 46.8 Å². The van der Waals surface area contributed by atoms with Crippen molar-refractivity contribution in [2.75, 3.05) is 31.8 Å². The lowest BCUT2D eigenvalue weighted by molar-refractivity contribution is -0.147. The van der Waals surface area contributed by atoms with E-state index in [9.17, 15) is 22.8 Å². The summed E-state index contributed by atoms with van der Waals surface area (Å²) in [6.07, 6.45) is 0.344. The highest BCUT2D eigenvalue weighted by molar-refractivity contribution is 7.91.